The van der Waals surface area contributed by atoms with Crippen LogP contribution in [0.3, 0.4) is 0 Å². The van der Waals surface area contributed by atoms with Gasteiger partial charge in [0, 0.05) is 47.7 Å². The zero-order valence-corrected chi connectivity index (χ0v) is 19.0. The second-order valence-electron chi connectivity index (χ2n) is 8.40. The first kappa shape index (κ1) is 20.3. The number of nitrogens with zero attached hydrogens (tertiary/aromatic N) is 5. The number of aromatic amines is 2. The van der Waals surface area contributed by atoms with E-state index in [1.165, 1.54) is 0 Å². The Bertz CT molecular complexity index is 1620. The van der Waals surface area contributed by atoms with E-state index in [1.807, 2.05) is 36.1 Å². The summed E-state index contributed by atoms with van der Waals surface area (Å²) in [6.45, 7) is 5.80. The number of fused-ring (bicyclic) bond motifs is 2. The SMILES string of the molecule is CCNCc1cncc(-c2ccc3[nH]nc(-c4cc5c(-n6cnc(C)c6)nccc5[nH]4)c3c2)c1. The molecule has 0 unspecified atom stereocenters. The molecule has 6 aromatic rings. The number of pyridine rings is 2. The third kappa shape index (κ3) is 3.54. The van der Waals surface area contributed by atoms with Gasteiger partial charge in [-0.05, 0) is 54.9 Å². The van der Waals surface area contributed by atoms with Crippen LogP contribution >= 0.6 is 0 Å². The number of imidazole rings is 1. The van der Waals surface area contributed by atoms with Crippen LogP contribution in [0.15, 0.2) is 67.5 Å². The number of hydrogen-bond acceptors (Lipinski definition) is 5. The first-order valence-corrected chi connectivity index (χ1v) is 11.3. The van der Waals surface area contributed by atoms with E-state index in [-0.39, 0.29) is 0 Å². The predicted octanol–water partition coefficient (Wildman–Crippen LogP) is 4.77. The van der Waals surface area contributed by atoms with E-state index < -0.39 is 0 Å². The molecule has 0 amide bonds. The fourth-order valence-electron chi connectivity index (χ4n) is 4.32. The summed E-state index contributed by atoms with van der Waals surface area (Å²) in [6.07, 6.45) is 9.39. The van der Waals surface area contributed by atoms with Gasteiger partial charge in [-0.2, -0.15) is 5.10 Å². The molecule has 0 bridgehead atoms. The van der Waals surface area contributed by atoms with Crippen LogP contribution in [0.25, 0.3) is 50.1 Å². The first-order valence-electron chi connectivity index (χ1n) is 11.3. The molecule has 0 saturated heterocycles. The van der Waals surface area contributed by atoms with Crippen molar-refractivity contribution in [3.8, 4) is 28.3 Å². The maximum absolute atomic E-state index is 4.64. The average Bonchev–Trinajstić information content (AvgIpc) is 3.59. The van der Waals surface area contributed by atoms with Crippen molar-refractivity contribution in [2.45, 2.75) is 20.4 Å². The number of hydrogen-bond donors (Lipinski definition) is 3. The van der Waals surface area contributed by atoms with E-state index in [1.54, 1.807) is 12.5 Å². The lowest BCUT2D eigenvalue weighted by Gasteiger charge is -2.06. The molecule has 0 aliphatic heterocycles. The molecule has 0 fully saturated rings. The number of aromatic nitrogens is 7. The Kier molecular flexibility index (Phi) is 4.92. The number of rotatable bonds is 6. The van der Waals surface area contributed by atoms with Gasteiger partial charge in [-0.15, -0.1) is 0 Å². The molecule has 34 heavy (non-hydrogen) atoms. The van der Waals surface area contributed by atoms with E-state index in [4.69, 9.17) is 0 Å². The van der Waals surface area contributed by atoms with Gasteiger partial charge in [-0.1, -0.05) is 13.0 Å². The van der Waals surface area contributed by atoms with Crippen LogP contribution in [0, 0.1) is 6.92 Å². The minimum Gasteiger partial charge on any atom is -0.353 e. The molecule has 8 heteroatoms. The Balaban J connectivity index is 1.44. The number of benzene rings is 1. The molecule has 8 nitrogen and oxygen atoms in total. The van der Waals surface area contributed by atoms with Crippen molar-refractivity contribution in [1.82, 2.24) is 40.0 Å². The standard InChI is InChI=1S/C26H24N8/c1-3-27-11-17-8-19(13-28-12-17)18-4-5-23-20(9-18)25(33-32-23)24-10-21-22(31-24)6-7-29-26(21)34-14-16(2)30-15-34/h4-10,12-15,27,31H,3,11H2,1-2H3,(H,32,33). The maximum atomic E-state index is 4.64. The Morgan fingerprint density at radius 2 is 1.91 bits per heavy atom. The van der Waals surface area contributed by atoms with Gasteiger partial charge in [0.15, 0.2) is 0 Å². The highest BCUT2D eigenvalue weighted by Crippen LogP contribution is 2.33. The van der Waals surface area contributed by atoms with Gasteiger partial charge < -0.3 is 10.3 Å². The number of nitrogens with one attached hydrogen (secondary N) is 3. The molecule has 0 spiro atoms. The minimum absolute atomic E-state index is 0.804. The third-order valence-electron chi connectivity index (χ3n) is 6.01. The first-order chi connectivity index (χ1) is 16.7. The Morgan fingerprint density at radius 3 is 2.76 bits per heavy atom. The molecular formula is C26H24N8. The van der Waals surface area contributed by atoms with Crippen LogP contribution < -0.4 is 5.32 Å². The lowest BCUT2D eigenvalue weighted by Crippen LogP contribution is -2.11. The van der Waals surface area contributed by atoms with Gasteiger partial charge in [0.1, 0.15) is 17.8 Å². The summed E-state index contributed by atoms with van der Waals surface area (Å²) < 4.78 is 1.95. The summed E-state index contributed by atoms with van der Waals surface area (Å²) in [5.74, 6) is 0.838. The summed E-state index contributed by atoms with van der Waals surface area (Å²) in [7, 11) is 0. The smallest absolute Gasteiger partial charge is 0.147 e. The third-order valence-corrected chi connectivity index (χ3v) is 6.01. The van der Waals surface area contributed by atoms with Crippen LogP contribution in [-0.4, -0.2) is 41.2 Å². The van der Waals surface area contributed by atoms with Crippen LogP contribution in [0.5, 0.6) is 0 Å². The Labute approximate surface area is 196 Å². The fourth-order valence-corrected chi connectivity index (χ4v) is 4.32. The Hall–Kier alpha value is -4.30. The van der Waals surface area contributed by atoms with Crippen molar-refractivity contribution < 1.29 is 0 Å². The molecule has 0 saturated carbocycles. The van der Waals surface area contributed by atoms with Crippen LogP contribution in [0.4, 0.5) is 0 Å². The molecule has 0 aliphatic rings. The highest BCUT2D eigenvalue weighted by atomic mass is 15.1. The van der Waals surface area contributed by atoms with E-state index >= 15 is 0 Å². The van der Waals surface area contributed by atoms with E-state index in [9.17, 15) is 0 Å². The average molecular weight is 449 g/mol. The Morgan fingerprint density at radius 1 is 0.971 bits per heavy atom. The van der Waals surface area contributed by atoms with Crippen LogP contribution in [-0.2, 0) is 6.54 Å². The van der Waals surface area contributed by atoms with Crippen molar-refractivity contribution in [2.24, 2.45) is 0 Å². The van der Waals surface area contributed by atoms with Crippen molar-refractivity contribution in [2.75, 3.05) is 6.54 Å². The van der Waals surface area contributed by atoms with Gasteiger partial charge in [0.05, 0.1) is 22.4 Å². The summed E-state index contributed by atoms with van der Waals surface area (Å²) in [5, 5.41) is 13.2. The highest BCUT2D eigenvalue weighted by molar-refractivity contribution is 5.98. The lowest BCUT2D eigenvalue weighted by molar-refractivity contribution is 0.724. The highest BCUT2D eigenvalue weighted by Gasteiger charge is 2.15. The molecule has 5 aromatic heterocycles. The molecule has 5 heterocycles. The summed E-state index contributed by atoms with van der Waals surface area (Å²) in [6, 6.07) is 12.6. The van der Waals surface area contributed by atoms with Gasteiger partial charge >= 0.3 is 0 Å². The topological polar surface area (TPSA) is 100 Å². The molecule has 168 valence electrons. The summed E-state index contributed by atoms with van der Waals surface area (Å²) >= 11 is 0. The number of aryl methyl sites for hydroxylation is 1. The van der Waals surface area contributed by atoms with E-state index in [0.29, 0.717) is 0 Å². The van der Waals surface area contributed by atoms with Gasteiger partial charge in [0.25, 0.3) is 0 Å². The van der Waals surface area contributed by atoms with Crippen molar-refractivity contribution in [1.29, 1.82) is 0 Å². The molecule has 0 radical (unpaired) electrons. The molecular weight excluding hydrogens is 424 g/mol. The predicted molar refractivity (Wildman–Crippen MR) is 134 cm³/mol. The quantitative estimate of drug-likeness (QED) is 0.341. The summed E-state index contributed by atoms with van der Waals surface area (Å²) in [5.41, 5.74) is 8.09. The molecule has 1 aromatic carbocycles. The molecule has 0 atom stereocenters. The van der Waals surface area contributed by atoms with E-state index in [2.05, 4.69) is 72.7 Å². The monoisotopic (exact) mass is 448 g/mol. The summed E-state index contributed by atoms with van der Waals surface area (Å²) in [4.78, 5) is 16.9. The van der Waals surface area contributed by atoms with Crippen molar-refractivity contribution in [3.63, 3.8) is 0 Å². The zero-order valence-electron chi connectivity index (χ0n) is 19.0. The normalized spacial score (nSPS) is 11.6. The minimum atomic E-state index is 0.804. The van der Waals surface area contributed by atoms with Crippen molar-refractivity contribution >= 4 is 21.8 Å². The van der Waals surface area contributed by atoms with Gasteiger partial charge in [0.2, 0.25) is 0 Å². The van der Waals surface area contributed by atoms with Crippen LogP contribution in [0.2, 0.25) is 0 Å². The molecule has 0 aliphatic carbocycles. The second-order valence-corrected chi connectivity index (χ2v) is 8.40. The second kappa shape index (κ2) is 8.24. The zero-order chi connectivity index (χ0) is 23.1. The fraction of sp³-hybridized carbons (Fsp3) is 0.154. The largest absolute Gasteiger partial charge is 0.353 e. The maximum Gasteiger partial charge on any atom is 0.147 e. The van der Waals surface area contributed by atoms with E-state index in [0.717, 1.165) is 74.5 Å². The number of H-pyrrole nitrogens is 2. The molecule has 3 N–H and O–H groups in total. The van der Waals surface area contributed by atoms with Gasteiger partial charge in [-0.25, -0.2) is 9.97 Å². The molecule has 6 rings (SSSR count). The van der Waals surface area contributed by atoms with Crippen molar-refractivity contribution in [3.05, 3.63) is 78.8 Å². The lowest BCUT2D eigenvalue weighted by atomic mass is 10.0. The van der Waals surface area contributed by atoms with Crippen LogP contribution in [0.1, 0.15) is 18.2 Å². The van der Waals surface area contributed by atoms with Gasteiger partial charge in [-0.3, -0.25) is 14.6 Å².